The molecule has 3 heterocycles. The number of piperazine rings is 1. The van der Waals surface area contributed by atoms with Crippen LogP contribution in [0.1, 0.15) is 19.8 Å². The fourth-order valence-corrected chi connectivity index (χ4v) is 4.23. The van der Waals surface area contributed by atoms with Gasteiger partial charge in [-0.2, -0.15) is 0 Å². The van der Waals surface area contributed by atoms with E-state index in [1.54, 1.807) is 12.1 Å². The minimum atomic E-state index is -0.176. The van der Waals surface area contributed by atoms with Gasteiger partial charge in [-0.25, -0.2) is 9.37 Å². The van der Waals surface area contributed by atoms with Crippen molar-refractivity contribution in [1.82, 2.24) is 9.88 Å². The van der Waals surface area contributed by atoms with Gasteiger partial charge in [-0.15, -0.1) is 0 Å². The smallest absolute Gasteiger partial charge is 0.128 e. The van der Waals surface area contributed by atoms with Crippen molar-refractivity contribution in [2.45, 2.75) is 25.8 Å². The zero-order valence-corrected chi connectivity index (χ0v) is 16.6. The molecule has 0 bridgehead atoms. The molecule has 6 heteroatoms. The van der Waals surface area contributed by atoms with Crippen LogP contribution in [0.25, 0.3) is 0 Å². The molecule has 1 unspecified atom stereocenters. The maximum Gasteiger partial charge on any atom is 0.128 e. The topological polar surface area (TPSA) is 34.6 Å². The molecule has 1 N–H and O–H groups in total. The number of aromatic nitrogens is 1. The van der Waals surface area contributed by atoms with E-state index in [4.69, 9.17) is 0 Å². The van der Waals surface area contributed by atoms with E-state index in [2.05, 4.69) is 44.1 Å². The summed E-state index contributed by atoms with van der Waals surface area (Å²) in [6.45, 7) is 9.55. The molecule has 0 spiro atoms. The molecule has 2 fully saturated rings. The van der Waals surface area contributed by atoms with Gasteiger partial charge in [0.1, 0.15) is 11.6 Å². The molecule has 150 valence electrons. The van der Waals surface area contributed by atoms with E-state index >= 15 is 0 Å². The number of nitrogens with zero attached hydrogens (tertiary/aromatic N) is 4. The van der Waals surface area contributed by atoms with Crippen molar-refractivity contribution < 1.29 is 4.39 Å². The first-order valence-electron chi connectivity index (χ1n) is 10.4. The third-order valence-corrected chi connectivity index (χ3v) is 5.87. The highest BCUT2D eigenvalue weighted by atomic mass is 19.1. The largest absolute Gasteiger partial charge is 0.369 e. The molecule has 0 radical (unpaired) electrons. The Morgan fingerprint density at radius 2 is 1.86 bits per heavy atom. The third kappa shape index (κ3) is 4.55. The Kier molecular flexibility index (Phi) is 5.95. The summed E-state index contributed by atoms with van der Waals surface area (Å²) in [5.41, 5.74) is 2.20. The van der Waals surface area contributed by atoms with Crippen molar-refractivity contribution in [3.8, 4) is 0 Å². The molecule has 1 aromatic carbocycles. The molecule has 0 aliphatic carbocycles. The summed E-state index contributed by atoms with van der Waals surface area (Å²) < 4.78 is 13.6. The number of pyridine rings is 1. The number of halogens is 1. The van der Waals surface area contributed by atoms with Gasteiger partial charge in [0.05, 0.1) is 0 Å². The molecule has 2 saturated heterocycles. The van der Waals surface area contributed by atoms with Crippen molar-refractivity contribution in [3.05, 3.63) is 48.4 Å². The average molecular weight is 384 g/mol. The van der Waals surface area contributed by atoms with Crippen LogP contribution in [-0.2, 0) is 0 Å². The maximum atomic E-state index is 13.6. The summed E-state index contributed by atoms with van der Waals surface area (Å²) in [5.74, 6) is 0.756. The van der Waals surface area contributed by atoms with Gasteiger partial charge in [-0.3, -0.25) is 0 Å². The Labute approximate surface area is 167 Å². The highest BCUT2D eigenvalue weighted by molar-refractivity contribution is 5.55. The quantitative estimate of drug-likeness (QED) is 0.856. The number of hydrogen-bond donors (Lipinski definition) is 1. The first kappa shape index (κ1) is 19.0. The monoisotopic (exact) mass is 383 g/mol. The molecular weight excluding hydrogens is 353 g/mol. The van der Waals surface area contributed by atoms with Gasteiger partial charge in [0, 0.05) is 68.9 Å². The Bertz CT molecular complexity index is 775. The molecule has 5 nitrogen and oxygen atoms in total. The van der Waals surface area contributed by atoms with E-state index in [-0.39, 0.29) is 5.82 Å². The van der Waals surface area contributed by atoms with Crippen molar-refractivity contribution >= 4 is 17.2 Å². The second-order valence-corrected chi connectivity index (χ2v) is 7.73. The molecule has 0 amide bonds. The lowest BCUT2D eigenvalue weighted by Crippen LogP contribution is -2.46. The SMILES string of the molecule is CCN1CCN(c2ccnc(NC3CCCN(c4cccc(F)c4)C3)c2)CC1. The maximum absolute atomic E-state index is 13.6. The van der Waals surface area contributed by atoms with Gasteiger partial charge >= 0.3 is 0 Å². The number of rotatable bonds is 5. The second-order valence-electron chi connectivity index (χ2n) is 7.73. The molecule has 1 aromatic heterocycles. The van der Waals surface area contributed by atoms with Crippen LogP contribution in [0.5, 0.6) is 0 Å². The number of anilines is 3. The van der Waals surface area contributed by atoms with Gasteiger partial charge in [-0.1, -0.05) is 13.0 Å². The molecule has 2 aromatic rings. The second kappa shape index (κ2) is 8.78. The first-order chi connectivity index (χ1) is 13.7. The summed E-state index contributed by atoms with van der Waals surface area (Å²) in [5, 5.41) is 3.61. The van der Waals surface area contributed by atoms with Gasteiger partial charge in [0.25, 0.3) is 0 Å². The number of hydrogen-bond acceptors (Lipinski definition) is 5. The molecule has 28 heavy (non-hydrogen) atoms. The third-order valence-electron chi connectivity index (χ3n) is 5.87. The number of piperidine rings is 1. The van der Waals surface area contributed by atoms with Gasteiger partial charge in [-0.05, 0) is 43.7 Å². The van der Waals surface area contributed by atoms with Gasteiger partial charge in [0.2, 0.25) is 0 Å². The van der Waals surface area contributed by atoms with Crippen LogP contribution in [0.3, 0.4) is 0 Å². The lowest BCUT2D eigenvalue weighted by molar-refractivity contribution is 0.271. The van der Waals surface area contributed by atoms with Crippen molar-refractivity contribution in [2.24, 2.45) is 0 Å². The highest BCUT2D eigenvalue weighted by Crippen LogP contribution is 2.24. The van der Waals surface area contributed by atoms with Crippen molar-refractivity contribution in [3.63, 3.8) is 0 Å². The summed E-state index contributed by atoms with van der Waals surface area (Å²) in [6.07, 6.45) is 4.09. The van der Waals surface area contributed by atoms with Crippen LogP contribution in [0.15, 0.2) is 42.6 Å². The summed E-state index contributed by atoms with van der Waals surface area (Å²) >= 11 is 0. The molecule has 2 aliphatic rings. The van der Waals surface area contributed by atoms with Crippen LogP contribution in [0.4, 0.5) is 21.6 Å². The zero-order chi connectivity index (χ0) is 19.3. The molecule has 4 rings (SSSR count). The van der Waals surface area contributed by atoms with E-state index < -0.39 is 0 Å². The fraction of sp³-hybridized carbons (Fsp3) is 0.500. The summed E-state index contributed by atoms with van der Waals surface area (Å²) in [4.78, 5) is 11.7. The summed E-state index contributed by atoms with van der Waals surface area (Å²) in [7, 11) is 0. The van der Waals surface area contributed by atoms with Crippen molar-refractivity contribution in [2.75, 3.05) is 60.9 Å². The van der Waals surface area contributed by atoms with E-state index in [9.17, 15) is 4.39 Å². The Morgan fingerprint density at radius 1 is 1.04 bits per heavy atom. The predicted molar refractivity (Wildman–Crippen MR) is 114 cm³/mol. The number of likely N-dealkylation sites (N-methyl/N-ethyl adjacent to an activating group) is 1. The highest BCUT2D eigenvalue weighted by Gasteiger charge is 2.21. The van der Waals surface area contributed by atoms with Crippen molar-refractivity contribution in [1.29, 1.82) is 0 Å². The Morgan fingerprint density at radius 3 is 2.64 bits per heavy atom. The first-order valence-corrected chi connectivity index (χ1v) is 10.4. The zero-order valence-electron chi connectivity index (χ0n) is 16.6. The lowest BCUT2D eigenvalue weighted by atomic mass is 10.0. The Balaban J connectivity index is 1.39. The normalized spacial score (nSPS) is 21.0. The number of benzene rings is 1. The summed E-state index contributed by atoms with van der Waals surface area (Å²) in [6, 6.07) is 11.5. The molecular formula is C22H30FN5. The number of nitrogens with one attached hydrogen (secondary N) is 1. The minimum absolute atomic E-state index is 0.176. The van der Waals surface area contributed by atoms with Crippen LogP contribution in [-0.4, -0.2) is 61.7 Å². The standard InChI is InChI=1S/C22H30FN5/c1-2-26-11-13-27(14-12-26)21-8-9-24-22(16-21)25-19-6-4-10-28(17-19)20-7-3-5-18(23)15-20/h3,5,7-9,15-16,19H,2,4,6,10-14,17H2,1H3,(H,24,25). The van der Waals surface area contributed by atoms with E-state index in [0.29, 0.717) is 6.04 Å². The van der Waals surface area contributed by atoms with Crippen LogP contribution in [0.2, 0.25) is 0 Å². The Hall–Kier alpha value is -2.34. The molecule has 1 atom stereocenters. The van der Waals surface area contributed by atoms with E-state index in [1.807, 2.05) is 12.3 Å². The van der Waals surface area contributed by atoms with Gasteiger partial charge in [0.15, 0.2) is 0 Å². The molecule has 0 saturated carbocycles. The van der Waals surface area contributed by atoms with Crippen LogP contribution >= 0.6 is 0 Å². The fourth-order valence-electron chi connectivity index (χ4n) is 4.23. The van der Waals surface area contributed by atoms with Crippen LogP contribution in [0, 0.1) is 5.82 Å². The van der Waals surface area contributed by atoms with Crippen LogP contribution < -0.4 is 15.1 Å². The van der Waals surface area contributed by atoms with E-state index in [1.165, 1.54) is 11.8 Å². The average Bonchev–Trinajstić information content (AvgIpc) is 2.74. The molecule has 2 aliphatic heterocycles. The van der Waals surface area contributed by atoms with Gasteiger partial charge < -0.3 is 20.0 Å². The lowest BCUT2D eigenvalue weighted by Gasteiger charge is -2.36. The van der Waals surface area contributed by atoms with E-state index in [0.717, 1.165) is 70.2 Å². The predicted octanol–water partition coefficient (Wildman–Crippen LogP) is 3.44. The minimum Gasteiger partial charge on any atom is -0.369 e.